The lowest BCUT2D eigenvalue weighted by atomic mass is 9.98. The molecular formula is C19H21N5O3. The van der Waals surface area contributed by atoms with Crippen molar-refractivity contribution in [2.75, 3.05) is 18.0 Å². The average molecular weight is 367 g/mol. The van der Waals surface area contributed by atoms with Crippen molar-refractivity contribution in [1.29, 1.82) is 0 Å². The van der Waals surface area contributed by atoms with Gasteiger partial charge in [0.1, 0.15) is 16.6 Å². The van der Waals surface area contributed by atoms with Crippen LogP contribution in [0.15, 0.2) is 17.1 Å². The van der Waals surface area contributed by atoms with Gasteiger partial charge < -0.3 is 14.6 Å². The van der Waals surface area contributed by atoms with E-state index in [0.717, 1.165) is 50.0 Å². The van der Waals surface area contributed by atoms with Crippen LogP contribution in [0.3, 0.4) is 0 Å². The molecule has 1 aliphatic heterocycles. The number of aromatic nitrogens is 4. The molecular weight excluding hydrogens is 346 g/mol. The normalized spacial score (nSPS) is 18.5. The quantitative estimate of drug-likeness (QED) is 0.737. The van der Waals surface area contributed by atoms with Crippen LogP contribution < -0.4 is 10.3 Å². The Morgan fingerprint density at radius 3 is 2.56 bits per heavy atom. The number of benzene rings is 1. The van der Waals surface area contributed by atoms with Crippen molar-refractivity contribution in [2.24, 2.45) is 5.92 Å². The van der Waals surface area contributed by atoms with E-state index in [9.17, 15) is 14.7 Å². The molecule has 1 aliphatic carbocycles. The highest BCUT2D eigenvalue weighted by Crippen LogP contribution is 2.40. The zero-order valence-electron chi connectivity index (χ0n) is 15.1. The van der Waals surface area contributed by atoms with Crippen molar-refractivity contribution in [1.82, 2.24) is 20.0 Å². The molecule has 1 saturated heterocycles. The number of anilines is 1. The number of H-pyrrole nitrogens is 1. The second kappa shape index (κ2) is 5.80. The van der Waals surface area contributed by atoms with Gasteiger partial charge in [0.15, 0.2) is 0 Å². The lowest BCUT2D eigenvalue weighted by Gasteiger charge is -2.32. The van der Waals surface area contributed by atoms with Crippen LogP contribution in [0.25, 0.3) is 21.9 Å². The van der Waals surface area contributed by atoms with Crippen LogP contribution in [-0.2, 0) is 0 Å². The molecule has 0 unspecified atom stereocenters. The zero-order valence-corrected chi connectivity index (χ0v) is 15.1. The third-order valence-electron chi connectivity index (χ3n) is 5.87. The van der Waals surface area contributed by atoms with E-state index in [-0.39, 0.29) is 11.6 Å². The molecule has 27 heavy (non-hydrogen) atoms. The van der Waals surface area contributed by atoms with Gasteiger partial charge in [0.25, 0.3) is 0 Å². The minimum absolute atomic E-state index is 0.210. The molecule has 5 rings (SSSR count). The van der Waals surface area contributed by atoms with Crippen molar-refractivity contribution in [3.63, 3.8) is 0 Å². The van der Waals surface area contributed by atoms with E-state index >= 15 is 0 Å². The summed E-state index contributed by atoms with van der Waals surface area (Å²) < 4.78 is 1.95. The number of carboxylic acid groups (broad SMARTS) is 1. The molecule has 2 aliphatic rings. The molecule has 2 aromatic heterocycles. The molecule has 1 aromatic carbocycles. The Bertz CT molecular complexity index is 1120. The highest BCUT2D eigenvalue weighted by Gasteiger charge is 2.29. The Morgan fingerprint density at radius 2 is 1.89 bits per heavy atom. The maximum atomic E-state index is 12.9. The number of carboxylic acids is 1. The third kappa shape index (κ3) is 2.50. The van der Waals surface area contributed by atoms with E-state index in [0.29, 0.717) is 22.3 Å². The van der Waals surface area contributed by atoms with Crippen LogP contribution >= 0.6 is 0 Å². The molecule has 3 aromatic rings. The fourth-order valence-electron chi connectivity index (χ4n) is 4.10. The Kier molecular flexibility index (Phi) is 3.50. The molecule has 8 nitrogen and oxygen atoms in total. The van der Waals surface area contributed by atoms with E-state index in [1.807, 2.05) is 10.6 Å². The summed E-state index contributed by atoms with van der Waals surface area (Å²) in [5, 5.41) is 21.0. The summed E-state index contributed by atoms with van der Waals surface area (Å²) in [6.45, 7) is 4.15. The molecule has 2 N–H and O–H groups in total. The van der Waals surface area contributed by atoms with Gasteiger partial charge in [-0.05, 0) is 37.7 Å². The Balaban J connectivity index is 1.82. The largest absolute Gasteiger partial charge is 0.477 e. The zero-order chi connectivity index (χ0) is 18.7. The van der Waals surface area contributed by atoms with Crippen LogP contribution in [-0.4, -0.2) is 44.1 Å². The number of hydrogen-bond donors (Lipinski definition) is 2. The van der Waals surface area contributed by atoms with Crippen molar-refractivity contribution >= 4 is 33.6 Å². The second-order valence-electron chi connectivity index (χ2n) is 7.80. The Morgan fingerprint density at radius 1 is 1.19 bits per heavy atom. The fourth-order valence-corrected chi connectivity index (χ4v) is 4.10. The summed E-state index contributed by atoms with van der Waals surface area (Å²) in [4.78, 5) is 26.8. The fraction of sp³-hybridized carbons (Fsp3) is 0.474. The smallest absolute Gasteiger partial charge is 0.341 e. The summed E-state index contributed by atoms with van der Waals surface area (Å²) in [6, 6.07) is 2.24. The standard InChI is InChI=1S/C19H21N5O3/c1-10-4-6-23(7-5-10)14-8-13-15(17-16(14)20-22-21-17)18(25)12(19(26)27)9-24(13)11-2-3-11/h8-11H,2-7H2,1H3,(H,26,27)(H,20,21,22). The summed E-state index contributed by atoms with van der Waals surface area (Å²) in [5.74, 6) is -0.501. The number of nitrogens with zero attached hydrogens (tertiary/aromatic N) is 4. The molecule has 3 heterocycles. The molecule has 1 saturated carbocycles. The maximum absolute atomic E-state index is 12.9. The predicted octanol–water partition coefficient (Wildman–Crippen LogP) is 2.54. The minimum Gasteiger partial charge on any atom is -0.477 e. The molecule has 140 valence electrons. The van der Waals surface area contributed by atoms with Crippen molar-refractivity contribution in [3.05, 3.63) is 28.0 Å². The van der Waals surface area contributed by atoms with Gasteiger partial charge in [0.05, 0.1) is 16.6 Å². The summed E-state index contributed by atoms with van der Waals surface area (Å²) >= 11 is 0. The first-order valence-electron chi connectivity index (χ1n) is 9.45. The van der Waals surface area contributed by atoms with Gasteiger partial charge in [-0.1, -0.05) is 6.92 Å². The molecule has 2 fully saturated rings. The number of aromatic amines is 1. The van der Waals surface area contributed by atoms with Crippen molar-refractivity contribution < 1.29 is 9.90 Å². The van der Waals surface area contributed by atoms with Crippen LogP contribution in [0, 0.1) is 5.92 Å². The monoisotopic (exact) mass is 367 g/mol. The first-order chi connectivity index (χ1) is 13.0. The SMILES string of the molecule is CC1CCN(c2cc3c(c(=O)c(C(=O)O)cn3C3CC3)c3n[nH]nc23)CC1. The minimum atomic E-state index is -1.21. The number of nitrogens with one attached hydrogen (secondary N) is 1. The third-order valence-corrected chi connectivity index (χ3v) is 5.87. The lowest BCUT2D eigenvalue weighted by molar-refractivity contribution is 0.0695. The van der Waals surface area contributed by atoms with Gasteiger partial charge in [0, 0.05) is 25.3 Å². The van der Waals surface area contributed by atoms with Gasteiger partial charge in [-0.3, -0.25) is 4.79 Å². The Hall–Kier alpha value is -2.90. The number of piperidine rings is 1. The van der Waals surface area contributed by atoms with Gasteiger partial charge in [0.2, 0.25) is 5.43 Å². The summed E-state index contributed by atoms with van der Waals surface area (Å²) in [7, 11) is 0. The van der Waals surface area contributed by atoms with E-state index in [2.05, 4.69) is 27.2 Å². The molecule has 0 radical (unpaired) electrons. The lowest BCUT2D eigenvalue weighted by Crippen LogP contribution is -2.33. The topological polar surface area (TPSA) is 104 Å². The first kappa shape index (κ1) is 16.3. The van der Waals surface area contributed by atoms with E-state index in [1.165, 1.54) is 6.20 Å². The van der Waals surface area contributed by atoms with Gasteiger partial charge in [-0.25, -0.2) is 4.79 Å². The van der Waals surface area contributed by atoms with Gasteiger partial charge in [-0.15, -0.1) is 0 Å². The predicted molar refractivity (Wildman–Crippen MR) is 101 cm³/mol. The summed E-state index contributed by atoms with van der Waals surface area (Å²) in [6.07, 6.45) is 5.71. The molecule has 0 atom stereocenters. The number of hydrogen-bond acceptors (Lipinski definition) is 5. The average Bonchev–Trinajstić information content (AvgIpc) is 3.37. The van der Waals surface area contributed by atoms with Crippen LogP contribution in [0.5, 0.6) is 0 Å². The summed E-state index contributed by atoms with van der Waals surface area (Å²) in [5.41, 5.74) is 2.12. The van der Waals surface area contributed by atoms with Crippen LogP contribution in [0.2, 0.25) is 0 Å². The van der Waals surface area contributed by atoms with Gasteiger partial charge >= 0.3 is 5.97 Å². The molecule has 0 amide bonds. The number of fused-ring (bicyclic) bond motifs is 3. The number of aromatic carboxylic acids is 1. The van der Waals surface area contributed by atoms with Crippen molar-refractivity contribution in [2.45, 2.75) is 38.6 Å². The van der Waals surface area contributed by atoms with Crippen molar-refractivity contribution in [3.8, 4) is 0 Å². The highest BCUT2D eigenvalue weighted by atomic mass is 16.4. The molecule has 0 bridgehead atoms. The van der Waals surface area contributed by atoms with E-state index < -0.39 is 11.4 Å². The molecule has 8 heteroatoms. The van der Waals surface area contributed by atoms with E-state index in [1.54, 1.807) is 0 Å². The van der Waals surface area contributed by atoms with E-state index in [4.69, 9.17) is 0 Å². The number of pyridine rings is 1. The second-order valence-corrected chi connectivity index (χ2v) is 7.80. The van der Waals surface area contributed by atoms with Gasteiger partial charge in [-0.2, -0.15) is 15.4 Å². The maximum Gasteiger partial charge on any atom is 0.341 e. The highest BCUT2D eigenvalue weighted by molar-refractivity contribution is 6.09. The van der Waals surface area contributed by atoms with Crippen LogP contribution in [0.1, 0.15) is 49.0 Å². The number of rotatable bonds is 3. The van der Waals surface area contributed by atoms with Crippen LogP contribution in [0.4, 0.5) is 5.69 Å². The first-order valence-corrected chi connectivity index (χ1v) is 9.45. The molecule has 0 spiro atoms. The Labute approximate surface area is 154 Å². The number of carbonyl (C=O) groups is 1.